The Hall–Kier alpha value is -2.35. The standard InChI is InChI=1S/C11H9N3O2/c1-8-13-14-11(16-8)7-15-10-4-2-3-9(5-10)6-12/h2-5H,7H2,1H3. The summed E-state index contributed by atoms with van der Waals surface area (Å²) in [6, 6.07) is 8.93. The highest BCUT2D eigenvalue weighted by Crippen LogP contribution is 2.14. The first-order valence-corrected chi connectivity index (χ1v) is 4.70. The van der Waals surface area contributed by atoms with Gasteiger partial charge in [0.1, 0.15) is 5.75 Å². The summed E-state index contributed by atoms with van der Waals surface area (Å²) in [7, 11) is 0. The molecule has 1 aromatic carbocycles. The molecule has 0 aliphatic heterocycles. The van der Waals surface area contributed by atoms with E-state index in [1.54, 1.807) is 31.2 Å². The predicted molar refractivity (Wildman–Crippen MR) is 54.5 cm³/mol. The van der Waals surface area contributed by atoms with Gasteiger partial charge in [0.25, 0.3) is 5.89 Å². The Bertz CT molecular complexity index is 528. The molecule has 0 saturated carbocycles. The molecule has 0 atom stereocenters. The third kappa shape index (κ3) is 2.36. The molecule has 16 heavy (non-hydrogen) atoms. The van der Waals surface area contributed by atoms with Gasteiger partial charge >= 0.3 is 0 Å². The maximum Gasteiger partial charge on any atom is 0.253 e. The minimum atomic E-state index is 0.204. The van der Waals surface area contributed by atoms with Crippen molar-refractivity contribution < 1.29 is 9.15 Å². The van der Waals surface area contributed by atoms with Crippen LogP contribution in [0.1, 0.15) is 17.3 Å². The van der Waals surface area contributed by atoms with E-state index in [0.717, 1.165) is 0 Å². The van der Waals surface area contributed by atoms with Gasteiger partial charge in [-0.25, -0.2) is 0 Å². The quantitative estimate of drug-likeness (QED) is 0.780. The van der Waals surface area contributed by atoms with Crippen molar-refractivity contribution >= 4 is 0 Å². The zero-order chi connectivity index (χ0) is 11.4. The third-order valence-corrected chi connectivity index (χ3v) is 1.89. The molecule has 5 heteroatoms. The molecule has 0 N–H and O–H groups in total. The van der Waals surface area contributed by atoms with E-state index in [-0.39, 0.29) is 6.61 Å². The summed E-state index contributed by atoms with van der Waals surface area (Å²) in [5, 5.41) is 16.2. The van der Waals surface area contributed by atoms with E-state index in [4.69, 9.17) is 14.4 Å². The Balaban J connectivity index is 2.02. The lowest BCUT2D eigenvalue weighted by Gasteiger charge is -2.02. The van der Waals surface area contributed by atoms with Gasteiger partial charge in [-0.3, -0.25) is 0 Å². The molecular weight excluding hydrogens is 206 g/mol. The van der Waals surface area contributed by atoms with Gasteiger partial charge in [0.2, 0.25) is 5.89 Å². The summed E-state index contributed by atoms with van der Waals surface area (Å²) in [4.78, 5) is 0. The molecule has 5 nitrogen and oxygen atoms in total. The molecule has 0 spiro atoms. The van der Waals surface area contributed by atoms with Gasteiger partial charge in [0, 0.05) is 6.92 Å². The van der Waals surface area contributed by atoms with Gasteiger partial charge < -0.3 is 9.15 Å². The normalized spacial score (nSPS) is 9.75. The highest BCUT2D eigenvalue weighted by molar-refractivity contribution is 5.36. The molecule has 2 rings (SSSR count). The average molecular weight is 215 g/mol. The van der Waals surface area contributed by atoms with Crippen LogP contribution >= 0.6 is 0 Å². The van der Waals surface area contributed by atoms with Crippen LogP contribution in [-0.4, -0.2) is 10.2 Å². The predicted octanol–water partition coefficient (Wildman–Crippen LogP) is 1.83. The Morgan fingerprint density at radius 3 is 3.00 bits per heavy atom. The maximum atomic E-state index is 8.70. The molecule has 0 aliphatic carbocycles. The Morgan fingerprint density at radius 2 is 2.31 bits per heavy atom. The fraction of sp³-hybridized carbons (Fsp3) is 0.182. The van der Waals surface area contributed by atoms with Gasteiger partial charge in [-0.1, -0.05) is 6.07 Å². The molecule has 0 bridgehead atoms. The minimum absolute atomic E-state index is 0.204. The van der Waals surface area contributed by atoms with Crippen molar-refractivity contribution in [2.24, 2.45) is 0 Å². The number of hydrogen-bond acceptors (Lipinski definition) is 5. The Morgan fingerprint density at radius 1 is 1.44 bits per heavy atom. The van der Waals surface area contributed by atoms with Gasteiger partial charge in [-0.15, -0.1) is 10.2 Å². The number of nitriles is 1. The molecule has 0 amide bonds. The van der Waals surface area contributed by atoms with Crippen molar-refractivity contribution in [3.05, 3.63) is 41.6 Å². The van der Waals surface area contributed by atoms with E-state index in [1.807, 2.05) is 6.07 Å². The second-order valence-corrected chi connectivity index (χ2v) is 3.14. The Labute approximate surface area is 92.3 Å². The zero-order valence-corrected chi connectivity index (χ0v) is 8.67. The first kappa shape index (κ1) is 10.2. The molecular formula is C11H9N3O2. The Kier molecular flexibility index (Phi) is 2.83. The fourth-order valence-electron chi connectivity index (χ4n) is 1.20. The van der Waals surface area contributed by atoms with Crippen molar-refractivity contribution in [1.29, 1.82) is 5.26 Å². The number of benzene rings is 1. The molecule has 0 unspecified atom stereocenters. The summed E-state index contributed by atoms with van der Waals surface area (Å²) >= 11 is 0. The maximum absolute atomic E-state index is 8.70. The number of ether oxygens (including phenoxy) is 1. The molecule has 0 fully saturated rings. The highest BCUT2D eigenvalue weighted by atomic mass is 16.5. The third-order valence-electron chi connectivity index (χ3n) is 1.89. The van der Waals surface area contributed by atoms with Crippen LogP contribution in [0.4, 0.5) is 0 Å². The molecule has 0 aliphatic rings. The SMILES string of the molecule is Cc1nnc(COc2cccc(C#N)c2)o1. The van der Waals surface area contributed by atoms with E-state index in [9.17, 15) is 0 Å². The van der Waals surface area contributed by atoms with Crippen molar-refractivity contribution in [2.75, 3.05) is 0 Å². The second kappa shape index (κ2) is 4.45. The van der Waals surface area contributed by atoms with E-state index < -0.39 is 0 Å². The van der Waals surface area contributed by atoms with Crippen molar-refractivity contribution in [3.8, 4) is 11.8 Å². The monoisotopic (exact) mass is 215 g/mol. The van der Waals surface area contributed by atoms with E-state index >= 15 is 0 Å². The summed E-state index contributed by atoms with van der Waals surface area (Å²) in [5.41, 5.74) is 0.555. The van der Waals surface area contributed by atoms with E-state index in [2.05, 4.69) is 10.2 Å². The van der Waals surface area contributed by atoms with Crippen LogP contribution in [0.15, 0.2) is 28.7 Å². The molecule has 2 aromatic rings. The smallest absolute Gasteiger partial charge is 0.253 e. The molecule has 80 valence electrons. The number of aryl methyl sites for hydroxylation is 1. The summed E-state index contributed by atoms with van der Waals surface area (Å²) < 4.78 is 10.6. The minimum Gasteiger partial charge on any atom is -0.484 e. The number of rotatable bonds is 3. The number of nitrogens with zero attached hydrogens (tertiary/aromatic N) is 3. The molecule has 0 radical (unpaired) electrons. The summed E-state index contributed by atoms with van der Waals surface area (Å²) in [6.07, 6.45) is 0. The molecule has 1 aromatic heterocycles. The van der Waals surface area contributed by atoms with Crippen LogP contribution < -0.4 is 4.74 Å². The van der Waals surface area contributed by atoms with E-state index in [0.29, 0.717) is 23.1 Å². The summed E-state index contributed by atoms with van der Waals surface area (Å²) in [6.45, 7) is 1.92. The first-order valence-electron chi connectivity index (χ1n) is 4.70. The highest BCUT2D eigenvalue weighted by Gasteiger charge is 2.03. The van der Waals surface area contributed by atoms with Crippen LogP contribution in [0.5, 0.6) is 5.75 Å². The number of aromatic nitrogens is 2. The van der Waals surface area contributed by atoms with Crippen LogP contribution in [0.2, 0.25) is 0 Å². The molecule has 0 saturated heterocycles. The van der Waals surface area contributed by atoms with Crippen LogP contribution in [0.3, 0.4) is 0 Å². The molecule has 1 heterocycles. The van der Waals surface area contributed by atoms with Crippen molar-refractivity contribution in [2.45, 2.75) is 13.5 Å². The lowest BCUT2D eigenvalue weighted by atomic mass is 10.2. The van der Waals surface area contributed by atoms with Crippen LogP contribution in [0.25, 0.3) is 0 Å². The lowest BCUT2D eigenvalue weighted by molar-refractivity contribution is 0.260. The van der Waals surface area contributed by atoms with Crippen molar-refractivity contribution in [3.63, 3.8) is 0 Å². The van der Waals surface area contributed by atoms with Gasteiger partial charge in [0.15, 0.2) is 6.61 Å². The van der Waals surface area contributed by atoms with Crippen LogP contribution in [-0.2, 0) is 6.61 Å². The summed E-state index contributed by atoms with van der Waals surface area (Å²) in [5.74, 6) is 1.53. The van der Waals surface area contributed by atoms with Crippen molar-refractivity contribution in [1.82, 2.24) is 10.2 Å². The topological polar surface area (TPSA) is 71.9 Å². The van der Waals surface area contributed by atoms with Gasteiger partial charge in [-0.2, -0.15) is 5.26 Å². The van der Waals surface area contributed by atoms with E-state index in [1.165, 1.54) is 0 Å². The number of hydrogen-bond donors (Lipinski definition) is 0. The average Bonchev–Trinajstić information content (AvgIpc) is 2.73. The van der Waals surface area contributed by atoms with Crippen LogP contribution in [0, 0.1) is 18.3 Å². The van der Waals surface area contributed by atoms with Gasteiger partial charge in [-0.05, 0) is 18.2 Å². The second-order valence-electron chi connectivity index (χ2n) is 3.14. The first-order chi connectivity index (χ1) is 7.78. The fourth-order valence-corrected chi connectivity index (χ4v) is 1.20. The lowest BCUT2D eigenvalue weighted by Crippen LogP contribution is -1.95. The largest absolute Gasteiger partial charge is 0.484 e. The van der Waals surface area contributed by atoms with Gasteiger partial charge in [0.05, 0.1) is 11.6 Å². The zero-order valence-electron chi connectivity index (χ0n) is 8.67.